The number of ether oxygens (including phenoxy) is 2. The maximum absolute atomic E-state index is 13.7. The van der Waals surface area contributed by atoms with Crippen LogP contribution < -0.4 is 14.8 Å². The van der Waals surface area contributed by atoms with E-state index < -0.39 is 17.2 Å². The Kier molecular flexibility index (Phi) is 6.71. The highest BCUT2D eigenvalue weighted by atomic mass is 32.2. The number of methoxy groups -OCH3 is 1. The van der Waals surface area contributed by atoms with Gasteiger partial charge in [-0.15, -0.1) is 10.2 Å². The molecule has 0 bridgehead atoms. The van der Waals surface area contributed by atoms with Crippen molar-refractivity contribution in [1.82, 2.24) is 10.2 Å². The number of para-hydroxylation sites is 3. The van der Waals surface area contributed by atoms with Gasteiger partial charge in [0.15, 0.2) is 17.7 Å². The van der Waals surface area contributed by atoms with Crippen molar-refractivity contribution in [2.75, 3.05) is 12.4 Å². The zero-order chi connectivity index (χ0) is 20.8. The molecule has 1 amide bonds. The summed E-state index contributed by atoms with van der Waals surface area (Å²) in [5.74, 6) is 0.132. The van der Waals surface area contributed by atoms with Crippen LogP contribution in [0.5, 0.6) is 11.5 Å². The summed E-state index contributed by atoms with van der Waals surface area (Å²) < 4.78 is 30.0. The lowest BCUT2D eigenvalue weighted by Gasteiger charge is -2.13. The molecule has 7 nitrogen and oxygen atoms in total. The minimum atomic E-state index is -0.647. The molecule has 1 heterocycles. The van der Waals surface area contributed by atoms with Gasteiger partial charge >= 0.3 is 0 Å². The minimum Gasteiger partial charge on any atom is -0.495 e. The van der Waals surface area contributed by atoms with E-state index in [2.05, 4.69) is 15.5 Å². The van der Waals surface area contributed by atoms with E-state index >= 15 is 0 Å². The number of rotatable bonds is 8. The number of carbonyl (C=O) groups excluding carboxylic acids is 1. The van der Waals surface area contributed by atoms with Crippen molar-refractivity contribution >= 4 is 23.4 Å². The van der Waals surface area contributed by atoms with Crippen LogP contribution in [0.1, 0.15) is 25.8 Å². The van der Waals surface area contributed by atoms with Gasteiger partial charge in [-0.05, 0) is 38.1 Å². The molecule has 2 aromatic carbocycles. The molecule has 1 aromatic heterocycles. The van der Waals surface area contributed by atoms with E-state index in [1.807, 2.05) is 6.07 Å². The number of nitrogens with one attached hydrogen (secondary N) is 1. The molecular weight excluding hydrogens is 397 g/mol. The number of carbonyl (C=O) groups is 1. The van der Waals surface area contributed by atoms with Crippen LogP contribution in [0.2, 0.25) is 0 Å². The number of amides is 1. The summed E-state index contributed by atoms with van der Waals surface area (Å²) in [4.78, 5) is 12.5. The van der Waals surface area contributed by atoms with Gasteiger partial charge in [-0.1, -0.05) is 36.0 Å². The van der Waals surface area contributed by atoms with E-state index in [0.717, 1.165) is 11.8 Å². The van der Waals surface area contributed by atoms with E-state index in [4.69, 9.17) is 13.9 Å². The molecule has 0 saturated heterocycles. The molecular formula is C20H20FN3O4S. The highest BCUT2D eigenvalue weighted by Gasteiger charge is 2.22. The maximum atomic E-state index is 13.7. The summed E-state index contributed by atoms with van der Waals surface area (Å²) in [6.07, 6.45) is -0.647. The van der Waals surface area contributed by atoms with Crippen LogP contribution in [0.4, 0.5) is 10.1 Å². The second-order valence-corrected chi connectivity index (χ2v) is 7.34. The number of benzene rings is 2. The van der Waals surface area contributed by atoms with Crippen molar-refractivity contribution in [3.05, 3.63) is 60.2 Å². The molecule has 0 aliphatic carbocycles. The number of hydrogen-bond donors (Lipinski definition) is 1. The van der Waals surface area contributed by atoms with Crippen LogP contribution in [0.3, 0.4) is 0 Å². The van der Waals surface area contributed by atoms with Crippen LogP contribution in [-0.2, 0) is 4.79 Å². The Bertz CT molecular complexity index is 982. The van der Waals surface area contributed by atoms with E-state index in [0.29, 0.717) is 11.4 Å². The maximum Gasteiger partial charge on any atom is 0.277 e. The molecule has 0 aliphatic rings. The number of halogens is 1. The largest absolute Gasteiger partial charge is 0.495 e. The summed E-state index contributed by atoms with van der Waals surface area (Å²) in [5.41, 5.74) is 0.575. The van der Waals surface area contributed by atoms with Crippen LogP contribution in [0.25, 0.3) is 0 Å². The van der Waals surface area contributed by atoms with Crippen molar-refractivity contribution in [1.29, 1.82) is 0 Å². The Balaban J connectivity index is 1.60. The van der Waals surface area contributed by atoms with Crippen molar-refractivity contribution in [3.8, 4) is 11.5 Å². The molecule has 2 atom stereocenters. The summed E-state index contributed by atoms with van der Waals surface area (Å²) >= 11 is 1.11. The molecule has 9 heteroatoms. The van der Waals surface area contributed by atoms with Crippen LogP contribution in [-0.4, -0.2) is 28.5 Å². The minimum absolute atomic E-state index is 0.0944. The molecule has 0 unspecified atom stereocenters. The first kappa shape index (κ1) is 20.7. The summed E-state index contributed by atoms with van der Waals surface area (Å²) in [5, 5.41) is 10.4. The standard InChI is InChI=1S/C20H20FN3O4S/c1-12(27-16-10-6-4-8-14(16)21)19-23-24-20(28-19)29-13(2)18(25)22-15-9-5-7-11-17(15)26-3/h4-13H,1-3H3,(H,22,25)/t12-,13+/m1/s1. The molecule has 0 saturated carbocycles. The van der Waals surface area contributed by atoms with Gasteiger partial charge in [0.1, 0.15) is 5.75 Å². The molecule has 0 spiro atoms. The predicted molar refractivity (Wildman–Crippen MR) is 107 cm³/mol. The number of hydrogen-bond acceptors (Lipinski definition) is 7. The van der Waals surface area contributed by atoms with Gasteiger partial charge in [0, 0.05) is 0 Å². The topological polar surface area (TPSA) is 86.5 Å². The monoisotopic (exact) mass is 417 g/mol. The predicted octanol–water partition coefficient (Wildman–Crippen LogP) is 4.48. The highest BCUT2D eigenvalue weighted by Crippen LogP contribution is 2.29. The molecule has 1 N–H and O–H groups in total. The fourth-order valence-corrected chi connectivity index (χ4v) is 3.09. The van der Waals surface area contributed by atoms with Gasteiger partial charge in [-0.2, -0.15) is 0 Å². The lowest BCUT2D eigenvalue weighted by Crippen LogP contribution is -2.22. The average molecular weight is 417 g/mol. The van der Waals surface area contributed by atoms with E-state index in [-0.39, 0.29) is 22.8 Å². The van der Waals surface area contributed by atoms with Gasteiger partial charge < -0.3 is 19.2 Å². The highest BCUT2D eigenvalue weighted by molar-refractivity contribution is 8.00. The fourth-order valence-electron chi connectivity index (χ4n) is 2.40. The zero-order valence-corrected chi connectivity index (χ0v) is 16.9. The summed E-state index contributed by atoms with van der Waals surface area (Å²) in [6.45, 7) is 3.39. The normalized spacial score (nSPS) is 12.8. The third-order valence-corrected chi connectivity index (χ3v) is 4.86. The first-order valence-corrected chi connectivity index (χ1v) is 9.71. The van der Waals surface area contributed by atoms with Gasteiger partial charge in [0.25, 0.3) is 11.1 Å². The van der Waals surface area contributed by atoms with Gasteiger partial charge in [-0.3, -0.25) is 4.79 Å². The van der Waals surface area contributed by atoms with Crippen LogP contribution in [0.15, 0.2) is 58.2 Å². The molecule has 29 heavy (non-hydrogen) atoms. The van der Waals surface area contributed by atoms with Crippen LogP contribution in [0, 0.1) is 5.82 Å². The van der Waals surface area contributed by atoms with Gasteiger partial charge in [-0.25, -0.2) is 4.39 Å². The first-order chi connectivity index (χ1) is 14.0. The lowest BCUT2D eigenvalue weighted by molar-refractivity contribution is -0.115. The quantitative estimate of drug-likeness (QED) is 0.541. The van der Waals surface area contributed by atoms with Crippen molar-refractivity contribution in [2.45, 2.75) is 30.4 Å². The zero-order valence-electron chi connectivity index (χ0n) is 16.1. The first-order valence-electron chi connectivity index (χ1n) is 8.83. The third-order valence-electron chi connectivity index (χ3n) is 3.92. The number of aromatic nitrogens is 2. The molecule has 0 radical (unpaired) electrons. The number of nitrogens with zero attached hydrogens (tertiary/aromatic N) is 2. The lowest BCUT2D eigenvalue weighted by atomic mass is 10.3. The fraction of sp³-hybridized carbons (Fsp3) is 0.250. The Morgan fingerprint density at radius 1 is 1.10 bits per heavy atom. The third kappa shape index (κ3) is 5.26. The van der Waals surface area contributed by atoms with Gasteiger partial charge in [0.05, 0.1) is 18.0 Å². The smallest absolute Gasteiger partial charge is 0.277 e. The van der Waals surface area contributed by atoms with Crippen molar-refractivity contribution in [3.63, 3.8) is 0 Å². The average Bonchev–Trinajstić information content (AvgIpc) is 3.18. The second-order valence-electron chi connectivity index (χ2n) is 6.05. The summed E-state index contributed by atoms with van der Waals surface area (Å²) in [7, 11) is 1.54. The SMILES string of the molecule is COc1ccccc1NC(=O)[C@H](C)Sc1nnc([C@@H](C)Oc2ccccc2F)o1. The number of anilines is 1. The van der Waals surface area contributed by atoms with Crippen molar-refractivity contribution < 1.29 is 23.1 Å². The molecule has 3 aromatic rings. The van der Waals surface area contributed by atoms with E-state index in [1.54, 1.807) is 44.2 Å². The van der Waals surface area contributed by atoms with Gasteiger partial charge in [0.2, 0.25) is 5.91 Å². The molecule has 3 rings (SSSR count). The molecule has 0 fully saturated rings. The molecule has 0 aliphatic heterocycles. The van der Waals surface area contributed by atoms with E-state index in [9.17, 15) is 9.18 Å². The second kappa shape index (κ2) is 9.42. The van der Waals surface area contributed by atoms with Crippen molar-refractivity contribution in [2.24, 2.45) is 0 Å². The number of thioether (sulfide) groups is 1. The molecule has 152 valence electrons. The Morgan fingerprint density at radius 3 is 2.52 bits per heavy atom. The van der Waals surface area contributed by atoms with Crippen LogP contribution >= 0.6 is 11.8 Å². The Morgan fingerprint density at radius 2 is 1.79 bits per heavy atom. The Hall–Kier alpha value is -3.07. The summed E-state index contributed by atoms with van der Waals surface area (Å²) in [6, 6.07) is 13.2. The van der Waals surface area contributed by atoms with E-state index in [1.165, 1.54) is 19.2 Å². The Labute approximate surface area is 171 Å².